The van der Waals surface area contributed by atoms with Crippen molar-refractivity contribution in [1.82, 2.24) is 25.4 Å². The van der Waals surface area contributed by atoms with Crippen LogP contribution < -0.4 is 5.32 Å². The zero-order valence-corrected chi connectivity index (χ0v) is 17.4. The Morgan fingerprint density at radius 1 is 1.06 bits per heavy atom. The number of nitrogens with one attached hydrogen (secondary N) is 3. The van der Waals surface area contributed by atoms with Gasteiger partial charge in [-0.25, -0.2) is 0 Å². The molecule has 0 radical (unpaired) electrons. The largest absolute Gasteiger partial charge is 0.395 e. The van der Waals surface area contributed by atoms with Gasteiger partial charge < -0.3 is 15.4 Å². The smallest absolute Gasteiger partial charge is 0.251 e. The maximum atomic E-state index is 12.3. The molecule has 7 heteroatoms. The number of aliphatic hydroxyl groups is 1. The number of hydrogen-bond acceptors (Lipinski definition) is 4. The molecule has 1 aliphatic rings. The molecule has 0 bridgehead atoms. The van der Waals surface area contributed by atoms with Crippen LogP contribution in [0.4, 0.5) is 0 Å². The van der Waals surface area contributed by atoms with E-state index in [0.29, 0.717) is 5.56 Å². The summed E-state index contributed by atoms with van der Waals surface area (Å²) in [5.74, 6) is -0.206. The predicted octanol–water partition coefficient (Wildman–Crippen LogP) is 3.42. The van der Waals surface area contributed by atoms with E-state index < -0.39 is 0 Å². The number of rotatable bonds is 6. The Labute approximate surface area is 180 Å². The summed E-state index contributed by atoms with van der Waals surface area (Å²) in [4.78, 5) is 18.3. The summed E-state index contributed by atoms with van der Waals surface area (Å²) in [5.41, 5.74) is 5.53. The number of aliphatic hydroxyl groups excluding tert-OH is 1. The molecule has 2 aromatic carbocycles. The highest BCUT2D eigenvalue weighted by Crippen LogP contribution is 2.30. The standard InChI is InChI=1S/C24H27N5O2/c30-11-8-25-24(31)17-5-7-21-19(13-17)23(28-27-21)22-14-18-12-16(4-6-20(18)26-22)15-29-9-2-1-3-10-29/h4-7,12-14,26,30H,1-3,8-11,15H2,(H,25,31)(H,27,28). The van der Waals surface area contributed by atoms with E-state index in [9.17, 15) is 4.79 Å². The molecule has 7 nitrogen and oxygen atoms in total. The van der Waals surface area contributed by atoms with Gasteiger partial charge in [-0.3, -0.25) is 14.8 Å². The fourth-order valence-corrected chi connectivity index (χ4v) is 4.42. The molecule has 0 aliphatic carbocycles. The Balaban J connectivity index is 1.44. The van der Waals surface area contributed by atoms with Gasteiger partial charge in [0.2, 0.25) is 0 Å². The van der Waals surface area contributed by atoms with Crippen LogP contribution in [0, 0.1) is 0 Å². The molecule has 0 unspecified atom stereocenters. The van der Waals surface area contributed by atoms with Crippen molar-refractivity contribution < 1.29 is 9.90 Å². The number of hydrogen-bond donors (Lipinski definition) is 4. The molecule has 0 saturated carbocycles. The van der Waals surface area contributed by atoms with Crippen LogP contribution in [0.5, 0.6) is 0 Å². The second-order valence-electron chi connectivity index (χ2n) is 8.25. The van der Waals surface area contributed by atoms with Crippen molar-refractivity contribution in [3.63, 3.8) is 0 Å². The normalized spacial score (nSPS) is 15.0. The van der Waals surface area contributed by atoms with Crippen LogP contribution >= 0.6 is 0 Å². The van der Waals surface area contributed by atoms with Crippen molar-refractivity contribution in [2.24, 2.45) is 0 Å². The summed E-state index contributed by atoms with van der Waals surface area (Å²) in [6.45, 7) is 3.51. The second-order valence-corrected chi connectivity index (χ2v) is 8.25. The van der Waals surface area contributed by atoms with E-state index in [-0.39, 0.29) is 19.1 Å². The quantitative estimate of drug-likeness (QED) is 0.386. The number of benzene rings is 2. The molecule has 0 atom stereocenters. The van der Waals surface area contributed by atoms with E-state index in [1.54, 1.807) is 6.07 Å². The van der Waals surface area contributed by atoms with Crippen LogP contribution in [-0.4, -0.2) is 57.3 Å². The summed E-state index contributed by atoms with van der Waals surface area (Å²) in [6.07, 6.45) is 3.94. The lowest BCUT2D eigenvalue weighted by molar-refractivity contribution is 0.0945. The fourth-order valence-electron chi connectivity index (χ4n) is 4.42. The van der Waals surface area contributed by atoms with Gasteiger partial charge in [-0.1, -0.05) is 12.5 Å². The van der Waals surface area contributed by atoms with Crippen molar-refractivity contribution >= 4 is 27.7 Å². The number of nitrogens with zero attached hydrogens (tertiary/aromatic N) is 2. The number of carbonyl (C=O) groups is 1. The van der Waals surface area contributed by atoms with Crippen molar-refractivity contribution in [2.45, 2.75) is 25.8 Å². The SMILES string of the molecule is O=C(NCCO)c1ccc2[nH]nc(-c3cc4cc(CN5CCCCC5)ccc4[nH]3)c2c1. The molecule has 2 aromatic heterocycles. The molecular formula is C24H27N5O2. The minimum absolute atomic E-state index is 0.0836. The molecule has 1 fully saturated rings. The average molecular weight is 418 g/mol. The Morgan fingerprint density at radius 2 is 1.90 bits per heavy atom. The molecule has 1 amide bonds. The van der Waals surface area contributed by atoms with Crippen LogP contribution in [0.1, 0.15) is 35.2 Å². The molecule has 1 aliphatic heterocycles. The van der Waals surface area contributed by atoms with Gasteiger partial charge >= 0.3 is 0 Å². The van der Waals surface area contributed by atoms with Gasteiger partial charge in [-0.15, -0.1) is 0 Å². The molecule has 1 saturated heterocycles. The second kappa shape index (κ2) is 8.53. The van der Waals surface area contributed by atoms with E-state index in [1.807, 2.05) is 12.1 Å². The van der Waals surface area contributed by atoms with E-state index in [0.717, 1.165) is 39.7 Å². The van der Waals surface area contributed by atoms with Gasteiger partial charge in [0.15, 0.2) is 0 Å². The summed E-state index contributed by atoms with van der Waals surface area (Å²) in [6, 6.07) is 14.2. The lowest BCUT2D eigenvalue weighted by atomic mass is 10.1. The zero-order valence-electron chi connectivity index (χ0n) is 17.4. The van der Waals surface area contributed by atoms with Crippen molar-refractivity contribution in [3.8, 4) is 11.4 Å². The number of carbonyl (C=O) groups excluding carboxylic acids is 1. The van der Waals surface area contributed by atoms with Crippen LogP contribution in [0.25, 0.3) is 33.2 Å². The molecule has 3 heterocycles. The molecular weight excluding hydrogens is 390 g/mol. The van der Waals surface area contributed by atoms with Gasteiger partial charge in [-0.2, -0.15) is 5.10 Å². The minimum atomic E-state index is -0.206. The summed E-state index contributed by atoms with van der Waals surface area (Å²) in [7, 11) is 0. The Kier molecular flexibility index (Phi) is 5.44. The van der Waals surface area contributed by atoms with E-state index >= 15 is 0 Å². The first-order valence-corrected chi connectivity index (χ1v) is 10.9. The Morgan fingerprint density at radius 3 is 2.74 bits per heavy atom. The zero-order chi connectivity index (χ0) is 21.2. The van der Waals surface area contributed by atoms with Crippen molar-refractivity contribution in [1.29, 1.82) is 0 Å². The van der Waals surface area contributed by atoms with Gasteiger partial charge in [0.25, 0.3) is 5.91 Å². The number of H-pyrrole nitrogens is 2. The molecule has 160 valence electrons. The minimum Gasteiger partial charge on any atom is -0.395 e. The van der Waals surface area contributed by atoms with Crippen LogP contribution in [-0.2, 0) is 6.54 Å². The summed E-state index contributed by atoms with van der Waals surface area (Å²) >= 11 is 0. The molecule has 4 aromatic rings. The fraction of sp³-hybridized carbons (Fsp3) is 0.333. The number of fused-ring (bicyclic) bond motifs is 2. The maximum Gasteiger partial charge on any atom is 0.251 e. The highest BCUT2D eigenvalue weighted by Gasteiger charge is 2.15. The van der Waals surface area contributed by atoms with Crippen LogP contribution in [0.15, 0.2) is 42.5 Å². The number of piperidine rings is 1. The predicted molar refractivity (Wildman–Crippen MR) is 122 cm³/mol. The molecule has 31 heavy (non-hydrogen) atoms. The lowest BCUT2D eigenvalue weighted by Crippen LogP contribution is -2.28. The first kappa shape index (κ1) is 19.8. The summed E-state index contributed by atoms with van der Waals surface area (Å²) < 4.78 is 0. The number of amides is 1. The summed E-state index contributed by atoms with van der Waals surface area (Å²) in [5, 5.41) is 21.2. The Hall–Kier alpha value is -3.16. The highest BCUT2D eigenvalue weighted by molar-refractivity contribution is 6.02. The Bertz CT molecular complexity index is 1220. The van der Waals surface area contributed by atoms with Crippen molar-refractivity contribution in [2.75, 3.05) is 26.2 Å². The third kappa shape index (κ3) is 4.06. The van der Waals surface area contributed by atoms with Gasteiger partial charge in [-0.05, 0) is 67.9 Å². The molecule has 5 rings (SSSR count). The molecule has 0 spiro atoms. The van der Waals surface area contributed by atoms with Crippen LogP contribution in [0.2, 0.25) is 0 Å². The highest BCUT2D eigenvalue weighted by atomic mass is 16.3. The first-order chi connectivity index (χ1) is 15.2. The van der Waals surface area contributed by atoms with E-state index in [2.05, 4.69) is 49.7 Å². The van der Waals surface area contributed by atoms with Gasteiger partial charge in [0, 0.05) is 34.9 Å². The number of aromatic nitrogens is 3. The van der Waals surface area contributed by atoms with E-state index in [4.69, 9.17) is 5.11 Å². The molecule has 4 N–H and O–H groups in total. The van der Waals surface area contributed by atoms with Gasteiger partial charge in [0.05, 0.1) is 17.8 Å². The number of aromatic amines is 2. The average Bonchev–Trinajstić information content (AvgIpc) is 3.41. The third-order valence-corrected chi connectivity index (χ3v) is 6.02. The maximum absolute atomic E-state index is 12.3. The number of likely N-dealkylation sites (tertiary alicyclic amines) is 1. The lowest BCUT2D eigenvalue weighted by Gasteiger charge is -2.26. The van der Waals surface area contributed by atoms with E-state index in [1.165, 1.54) is 37.9 Å². The topological polar surface area (TPSA) is 97.0 Å². The van der Waals surface area contributed by atoms with Gasteiger partial charge in [0.1, 0.15) is 5.69 Å². The van der Waals surface area contributed by atoms with Crippen LogP contribution in [0.3, 0.4) is 0 Å². The first-order valence-electron chi connectivity index (χ1n) is 10.9. The van der Waals surface area contributed by atoms with Crippen molar-refractivity contribution in [3.05, 3.63) is 53.6 Å². The monoisotopic (exact) mass is 417 g/mol. The third-order valence-electron chi connectivity index (χ3n) is 6.02.